The second-order valence-electron chi connectivity index (χ2n) is 3.17. The van der Waals surface area contributed by atoms with E-state index in [0.29, 0.717) is 24.5 Å². The molecule has 10 heteroatoms. The quantitative estimate of drug-likeness (QED) is 0.360. The Labute approximate surface area is 99.0 Å². The zero-order valence-corrected chi connectivity index (χ0v) is 10.0. The van der Waals surface area contributed by atoms with Gasteiger partial charge in [0.2, 0.25) is 0 Å². The normalized spacial score (nSPS) is 18.2. The van der Waals surface area contributed by atoms with E-state index in [1.54, 1.807) is 13.8 Å². The zero-order valence-electron chi connectivity index (χ0n) is 9.28. The topological polar surface area (TPSA) is 152 Å². The summed E-state index contributed by atoms with van der Waals surface area (Å²) in [6, 6.07) is -0.799. The number of rotatable bonds is 1. The summed E-state index contributed by atoms with van der Waals surface area (Å²) in [5.74, 6) is 0. The summed E-state index contributed by atoms with van der Waals surface area (Å²) in [6.07, 6.45) is 0. The first kappa shape index (κ1) is 15.9. The molecule has 0 saturated carbocycles. The van der Waals surface area contributed by atoms with Crippen molar-refractivity contribution in [1.29, 1.82) is 0 Å². The van der Waals surface area contributed by atoms with Gasteiger partial charge < -0.3 is 0 Å². The van der Waals surface area contributed by atoms with E-state index in [-0.39, 0.29) is 4.92 Å². The Morgan fingerprint density at radius 2 is 1.53 bits per heavy atom. The summed E-state index contributed by atoms with van der Waals surface area (Å²) in [5, 5.41) is 10.6. The molecule has 0 aliphatic carbocycles. The molecule has 9 nitrogen and oxygen atoms in total. The van der Waals surface area contributed by atoms with Crippen molar-refractivity contribution in [3.8, 4) is 0 Å². The second-order valence-corrected chi connectivity index (χ2v) is 4.04. The van der Waals surface area contributed by atoms with Crippen molar-refractivity contribution in [2.75, 3.05) is 13.1 Å². The number of halogens is 1. The van der Waals surface area contributed by atoms with Gasteiger partial charge in [0.15, 0.2) is 0 Å². The maximum atomic E-state index is 10.6. The molecule has 0 bridgehead atoms. The van der Waals surface area contributed by atoms with Crippen molar-refractivity contribution >= 4 is 11.4 Å². The van der Waals surface area contributed by atoms with Crippen LogP contribution >= 0.6 is 0 Å². The van der Waals surface area contributed by atoms with Gasteiger partial charge in [-0.3, -0.25) is 20.1 Å². The van der Waals surface area contributed by atoms with E-state index in [2.05, 4.69) is 9.98 Å². The molecule has 0 spiro atoms. The van der Waals surface area contributed by atoms with Crippen LogP contribution in [0.1, 0.15) is 13.8 Å². The van der Waals surface area contributed by atoms with Gasteiger partial charge in [0.1, 0.15) is 0 Å². The molecular formula is C7H14ClN3O6. The van der Waals surface area contributed by atoms with Crippen LogP contribution in [0.3, 0.4) is 0 Å². The average molecular weight is 272 g/mol. The van der Waals surface area contributed by atoms with Gasteiger partial charge in [-0.15, -0.1) is 0 Å². The van der Waals surface area contributed by atoms with E-state index in [9.17, 15) is 10.1 Å². The van der Waals surface area contributed by atoms with Crippen LogP contribution in [-0.2, 0) is 0 Å². The number of nitrogens with zero attached hydrogens (tertiary/aromatic N) is 3. The Hall–Kier alpha value is -1.13. The van der Waals surface area contributed by atoms with E-state index in [0.717, 1.165) is 0 Å². The SMILES string of the molecule is CC1=NCCN=C(C)C1[N+](=O)[O-].[O-][Cl+](O)(O)O. The van der Waals surface area contributed by atoms with Crippen LogP contribution in [0.15, 0.2) is 9.98 Å². The van der Waals surface area contributed by atoms with Crippen LogP contribution in [0.4, 0.5) is 0 Å². The molecule has 0 amide bonds. The fraction of sp³-hybridized carbons (Fsp3) is 0.714. The van der Waals surface area contributed by atoms with Gasteiger partial charge in [0.05, 0.1) is 24.5 Å². The first-order valence-electron chi connectivity index (χ1n) is 4.44. The third-order valence-electron chi connectivity index (χ3n) is 1.82. The van der Waals surface area contributed by atoms with Crippen LogP contribution in [0.5, 0.6) is 0 Å². The molecule has 3 N–H and O–H groups in total. The maximum absolute atomic E-state index is 10.6. The van der Waals surface area contributed by atoms with Gasteiger partial charge in [-0.05, 0) is 13.8 Å². The molecule has 0 saturated heterocycles. The number of hydrogen-bond acceptors (Lipinski definition) is 8. The molecule has 0 fully saturated rings. The summed E-state index contributed by atoms with van der Waals surface area (Å²) < 4.78 is 30.2. The van der Waals surface area contributed by atoms with Crippen LogP contribution in [-0.4, -0.2) is 49.5 Å². The van der Waals surface area contributed by atoms with Crippen molar-refractivity contribution in [1.82, 2.24) is 0 Å². The van der Waals surface area contributed by atoms with Crippen molar-refractivity contribution in [3.63, 3.8) is 0 Å². The molecule has 0 atom stereocenters. The third-order valence-corrected chi connectivity index (χ3v) is 1.82. The summed E-state index contributed by atoms with van der Waals surface area (Å²) >= 11 is 0. The standard InChI is InChI=1S/C7H11N3O2.ClH3O4/c1-5-7(10(11)12)6(2)9-4-3-8-5;2-1(3,4)5/h7H,3-4H2,1-2H3;2-4H. The van der Waals surface area contributed by atoms with Crippen LogP contribution in [0.2, 0.25) is 0 Å². The van der Waals surface area contributed by atoms with E-state index < -0.39 is 16.3 Å². The van der Waals surface area contributed by atoms with Crippen LogP contribution < -0.4 is 4.66 Å². The summed E-state index contributed by atoms with van der Waals surface area (Å²) in [4.78, 5) is 18.3. The van der Waals surface area contributed by atoms with Gasteiger partial charge in [0.25, 0.3) is 6.04 Å². The fourth-order valence-corrected chi connectivity index (χ4v) is 1.23. The van der Waals surface area contributed by atoms with Gasteiger partial charge in [-0.1, -0.05) is 0 Å². The number of aliphatic imine (C=N–C) groups is 2. The number of hydrogen-bond donors (Lipinski definition) is 3. The van der Waals surface area contributed by atoms with Crippen LogP contribution in [0, 0.1) is 20.4 Å². The fourth-order valence-electron chi connectivity index (χ4n) is 1.23. The molecule has 0 unspecified atom stereocenters. The Balaban J connectivity index is 0.000000437. The van der Waals surface area contributed by atoms with Gasteiger partial charge >= 0.3 is 28.9 Å². The Bertz CT molecular complexity index is 311. The van der Waals surface area contributed by atoms with Gasteiger partial charge in [-0.2, -0.15) is 0 Å². The first-order chi connectivity index (χ1) is 7.63. The molecule has 1 aliphatic heterocycles. The van der Waals surface area contributed by atoms with Crippen molar-refractivity contribution in [2.45, 2.75) is 19.9 Å². The molecule has 0 aromatic heterocycles. The Morgan fingerprint density at radius 1 is 1.24 bits per heavy atom. The van der Waals surface area contributed by atoms with Crippen LogP contribution in [0.25, 0.3) is 0 Å². The molecule has 0 radical (unpaired) electrons. The van der Waals surface area contributed by atoms with E-state index in [4.69, 9.17) is 18.6 Å². The summed E-state index contributed by atoms with van der Waals surface area (Å²) in [6.45, 7) is 4.48. The molecule has 0 aromatic carbocycles. The monoisotopic (exact) mass is 271 g/mol. The predicted molar refractivity (Wildman–Crippen MR) is 53.4 cm³/mol. The van der Waals surface area contributed by atoms with Gasteiger partial charge in [0, 0.05) is 4.92 Å². The average Bonchev–Trinajstić information content (AvgIpc) is 2.23. The number of nitro groups is 1. The minimum absolute atomic E-state index is 0.344. The van der Waals surface area contributed by atoms with E-state index in [1.807, 2.05) is 0 Å². The molecule has 1 heterocycles. The van der Waals surface area contributed by atoms with Gasteiger partial charge in [-0.25, -0.2) is 0 Å². The molecule has 0 aromatic rings. The third kappa shape index (κ3) is 7.71. The molecule has 1 rings (SSSR count). The van der Waals surface area contributed by atoms with Crippen molar-refractivity contribution in [2.24, 2.45) is 9.98 Å². The predicted octanol–water partition coefficient (Wildman–Crippen LogP) is -2.29. The molecule has 17 heavy (non-hydrogen) atoms. The molecular weight excluding hydrogens is 258 g/mol. The molecule has 100 valence electrons. The zero-order chi connectivity index (χ0) is 13.6. The molecule has 1 aliphatic rings. The summed E-state index contributed by atoms with van der Waals surface area (Å²) in [5.41, 5.74) is 1.11. The van der Waals surface area contributed by atoms with E-state index in [1.165, 1.54) is 0 Å². The van der Waals surface area contributed by atoms with Crippen molar-refractivity contribution in [3.05, 3.63) is 10.1 Å². The first-order valence-corrected chi connectivity index (χ1v) is 5.76. The second kappa shape index (κ2) is 6.57. The Kier molecular flexibility index (Phi) is 6.13. The minimum atomic E-state index is -4.19. The van der Waals surface area contributed by atoms with Crippen molar-refractivity contribution < 1.29 is 33.8 Å². The van der Waals surface area contributed by atoms with E-state index >= 15 is 0 Å². The Morgan fingerprint density at radius 3 is 1.76 bits per heavy atom. The summed E-state index contributed by atoms with van der Waals surface area (Å²) in [7, 11) is -4.19.